The third kappa shape index (κ3) is 7.10. The summed E-state index contributed by atoms with van der Waals surface area (Å²) in [6.45, 7) is 1.36. The third-order valence-corrected chi connectivity index (χ3v) is 5.94. The van der Waals surface area contributed by atoms with Crippen LogP contribution in [0.15, 0.2) is 90.6 Å². The molecule has 0 unspecified atom stereocenters. The molecule has 8 heteroatoms. The van der Waals surface area contributed by atoms with Crippen LogP contribution in [0.2, 0.25) is 5.02 Å². The van der Waals surface area contributed by atoms with Crippen molar-refractivity contribution in [3.8, 4) is 28.8 Å². The molecule has 4 rings (SSSR count). The van der Waals surface area contributed by atoms with Crippen LogP contribution in [0.3, 0.4) is 0 Å². The zero-order chi connectivity index (χ0) is 26.7. The van der Waals surface area contributed by atoms with Crippen LogP contribution in [0.1, 0.15) is 17.5 Å². The smallest absolute Gasteiger partial charge is 0.261 e. The van der Waals surface area contributed by atoms with E-state index in [0.717, 1.165) is 16.8 Å². The molecule has 0 fully saturated rings. The summed E-state index contributed by atoms with van der Waals surface area (Å²) in [6.07, 6.45) is 4.04. The minimum absolute atomic E-state index is 0.000744. The number of methoxy groups -OCH3 is 1. The van der Waals surface area contributed by atoms with Gasteiger partial charge in [0, 0.05) is 42.6 Å². The van der Waals surface area contributed by atoms with Crippen molar-refractivity contribution in [3.05, 3.63) is 107 Å². The quantitative estimate of drug-likeness (QED) is 0.151. The number of nitrogens with zero attached hydrogens (tertiary/aromatic N) is 3. The van der Waals surface area contributed by atoms with Crippen molar-refractivity contribution < 1.29 is 14.3 Å². The first kappa shape index (κ1) is 26.7. The maximum absolute atomic E-state index is 12.6. The van der Waals surface area contributed by atoms with Crippen molar-refractivity contribution in [2.45, 2.75) is 13.0 Å². The molecule has 0 spiro atoms. The molecule has 0 bridgehead atoms. The standard InChI is InChI=1S/C30H27ClN4O3/c1-37-17-5-16-33-30(36)24(19-32)18-25-20-35(27-6-3-2-4-7-27)34-29(25)23-10-14-28(15-11-23)38-21-22-8-12-26(31)13-9-22/h2-4,6-15,18,20H,5,16-17,21H2,1H3,(H,33,36)/b24-18-. The van der Waals surface area contributed by atoms with Crippen LogP contribution in [0, 0.1) is 11.3 Å². The number of nitrogens with one attached hydrogen (secondary N) is 1. The number of rotatable bonds is 11. The number of para-hydroxylation sites is 1. The van der Waals surface area contributed by atoms with Gasteiger partial charge in [0.1, 0.15) is 24.0 Å². The van der Waals surface area contributed by atoms with Crippen LogP contribution in [-0.4, -0.2) is 35.9 Å². The molecule has 1 heterocycles. The Labute approximate surface area is 226 Å². The SMILES string of the molecule is COCCCNC(=O)/C(C#N)=C\c1cn(-c2ccccc2)nc1-c1ccc(OCc2ccc(Cl)cc2)cc1. The Morgan fingerprint density at radius 3 is 2.50 bits per heavy atom. The Morgan fingerprint density at radius 2 is 1.82 bits per heavy atom. The Morgan fingerprint density at radius 1 is 1.08 bits per heavy atom. The highest BCUT2D eigenvalue weighted by Gasteiger charge is 2.15. The van der Waals surface area contributed by atoms with E-state index < -0.39 is 5.91 Å². The van der Waals surface area contributed by atoms with E-state index in [1.54, 1.807) is 17.9 Å². The summed E-state index contributed by atoms with van der Waals surface area (Å²) in [5, 5.41) is 17.9. The van der Waals surface area contributed by atoms with Gasteiger partial charge in [-0.15, -0.1) is 0 Å². The van der Waals surface area contributed by atoms with Gasteiger partial charge in [-0.05, 0) is 66.6 Å². The van der Waals surface area contributed by atoms with Gasteiger partial charge in [0.15, 0.2) is 0 Å². The molecule has 0 aliphatic heterocycles. The predicted molar refractivity (Wildman–Crippen MR) is 148 cm³/mol. The molecule has 0 radical (unpaired) electrons. The molecular formula is C30H27ClN4O3. The summed E-state index contributed by atoms with van der Waals surface area (Å²) in [5.74, 6) is 0.268. The molecule has 1 N–H and O–H groups in total. The lowest BCUT2D eigenvalue weighted by Crippen LogP contribution is -2.26. The Kier molecular flexibility index (Phi) is 9.30. The average molecular weight is 527 g/mol. The maximum atomic E-state index is 12.6. The van der Waals surface area contributed by atoms with Crippen LogP contribution in [0.25, 0.3) is 23.0 Å². The third-order valence-electron chi connectivity index (χ3n) is 5.69. The average Bonchev–Trinajstić information content (AvgIpc) is 3.38. The second-order valence-electron chi connectivity index (χ2n) is 8.42. The normalized spacial score (nSPS) is 11.1. The molecule has 3 aromatic carbocycles. The Balaban J connectivity index is 1.59. The topological polar surface area (TPSA) is 89.2 Å². The van der Waals surface area contributed by atoms with Crippen molar-refractivity contribution in [1.29, 1.82) is 5.26 Å². The summed E-state index contributed by atoms with van der Waals surface area (Å²) in [7, 11) is 1.60. The highest BCUT2D eigenvalue weighted by Crippen LogP contribution is 2.28. The van der Waals surface area contributed by atoms with Crippen molar-refractivity contribution >= 4 is 23.6 Å². The van der Waals surface area contributed by atoms with E-state index in [4.69, 9.17) is 26.2 Å². The van der Waals surface area contributed by atoms with Crippen molar-refractivity contribution in [2.24, 2.45) is 0 Å². The predicted octanol–water partition coefficient (Wildman–Crippen LogP) is 5.83. The number of halogens is 1. The van der Waals surface area contributed by atoms with E-state index in [9.17, 15) is 10.1 Å². The van der Waals surface area contributed by atoms with Gasteiger partial charge < -0.3 is 14.8 Å². The zero-order valence-corrected chi connectivity index (χ0v) is 21.7. The van der Waals surface area contributed by atoms with E-state index in [2.05, 4.69) is 5.32 Å². The number of carbonyl (C=O) groups is 1. The maximum Gasteiger partial charge on any atom is 0.261 e. The first-order chi connectivity index (χ1) is 18.6. The minimum Gasteiger partial charge on any atom is -0.489 e. The lowest BCUT2D eigenvalue weighted by Gasteiger charge is -2.08. The Hall–Kier alpha value is -4.38. The number of nitriles is 1. The molecule has 1 amide bonds. The summed E-state index contributed by atoms with van der Waals surface area (Å²) in [4.78, 5) is 12.6. The molecule has 0 aliphatic carbocycles. The lowest BCUT2D eigenvalue weighted by molar-refractivity contribution is -0.117. The van der Waals surface area contributed by atoms with Crippen LogP contribution >= 0.6 is 11.6 Å². The molecule has 192 valence electrons. The molecule has 38 heavy (non-hydrogen) atoms. The minimum atomic E-state index is -0.437. The summed E-state index contributed by atoms with van der Waals surface area (Å²) >= 11 is 5.95. The molecule has 1 aromatic heterocycles. The van der Waals surface area contributed by atoms with Gasteiger partial charge in [-0.1, -0.05) is 41.9 Å². The van der Waals surface area contributed by atoms with Gasteiger partial charge in [-0.2, -0.15) is 10.4 Å². The van der Waals surface area contributed by atoms with Crippen molar-refractivity contribution in [1.82, 2.24) is 15.1 Å². The molecule has 0 saturated carbocycles. The molecule has 0 aliphatic rings. The van der Waals surface area contributed by atoms with Gasteiger partial charge in [0.05, 0.1) is 11.4 Å². The zero-order valence-electron chi connectivity index (χ0n) is 20.9. The van der Waals surface area contributed by atoms with Crippen molar-refractivity contribution in [2.75, 3.05) is 20.3 Å². The lowest BCUT2D eigenvalue weighted by atomic mass is 10.1. The second-order valence-corrected chi connectivity index (χ2v) is 8.86. The second kappa shape index (κ2) is 13.2. The van der Waals surface area contributed by atoms with Crippen molar-refractivity contribution in [3.63, 3.8) is 0 Å². The number of carbonyl (C=O) groups excluding carboxylic acids is 1. The van der Waals surface area contributed by atoms with Gasteiger partial charge >= 0.3 is 0 Å². The van der Waals surface area contributed by atoms with Crippen LogP contribution in [-0.2, 0) is 16.1 Å². The number of benzene rings is 3. The highest BCUT2D eigenvalue weighted by atomic mass is 35.5. The van der Waals surface area contributed by atoms with E-state index in [1.165, 1.54) is 0 Å². The fourth-order valence-corrected chi connectivity index (χ4v) is 3.83. The molecule has 7 nitrogen and oxygen atoms in total. The molecule has 0 atom stereocenters. The van der Waals surface area contributed by atoms with Crippen LogP contribution in [0.4, 0.5) is 0 Å². The van der Waals surface area contributed by atoms with Gasteiger partial charge in [0.2, 0.25) is 0 Å². The summed E-state index contributed by atoms with van der Waals surface area (Å²) < 4.78 is 12.7. The van der Waals surface area contributed by atoms with E-state index >= 15 is 0 Å². The fourth-order valence-electron chi connectivity index (χ4n) is 3.70. The number of hydrogen-bond acceptors (Lipinski definition) is 5. The Bertz CT molecular complexity index is 1420. The number of hydrogen-bond donors (Lipinski definition) is 1. The van der Waals surface area contributed by atoms with Crippen LogP contribution in [0.5, 0.6) is 5.75 Å². The molecule has 4 aromatic rings. The van der Waals surface area contributed by atoms with E-state index in [1.807, 2.05) is 91.1 Å². The summed E-state index contributed by atoms with van der Waals surface area (Å²) in [6, 6.07) is 26.7. The first-order valence-electron chi connectivity index (χ1n) is 12.1. The number of aromatic nitrogens is 2. The van der Waals surface area contributed by atoms with Gasteiger partial charge in [-0.25, -0.2) is 4.68 Å². The van der Waals surface area contributed by atoms with E-state index in [-0.39, 0.29) is 5.57 Å². The fraction of sp³-hybridized carbons (Fsp3) is 0.167. The first-order valence-corrected chi connectivity index (χ1v) is 12.5. The monoisotopic (exact) mass is 526 g/mol. The number of amides is 1. The highest BCUT2D eigenvalue weighted by molar-refractivity contribution is 6.30. The molecular weight excluding hydrogens is 500 g/mol. The van der Waals surface area contributed by atoms with E-state index in [0.29, 0.717) is 48.2 Å². The molecule has 0 saturated heterocycles. The van der Waals surface area contributed by atoms with Gasteiger partial charge in [-0.3, -0.25) is 4.79 Å². The largest absolute Gasteiger partial charge is 0.489 e. The number of ether oxygens (including phenoxy) is 2. The van der Waals surface area contributed by atoms with Gasteiger partial charge in [0.25, 0.3) is 5.91 Å². The summed E-state index contributed by atoms with van der Waals surface area (Å²) in [5.41, 5.74) is 3.97. The van der Waals surface area contributed by atoms with Crippen LogP contribution < -0.4 is 10.1 Å².